The van der Waals surface area contributed by atoms with Crippen molar-refractivity contribution >= 4 is 16.5 Å². The second kappa shape index (κ2) is 9.19. The number of hydrogen-bond acceptors (Lipinski definition) is 4. The zero-order valence-electron chi connectivity index (χ0n) is 18.3. The molecule has 1 atom stereocenters. The average molecular weight is 417 g/mol. The Hall–Kier alpha value is -2.72. The van der Waals surface area contributed by atoms with Crippen molar-refractivity contribution in [3.05, 3.63) is 66.2 Å². The largest absolute Gasteiger partial charge is 0.493 e. The van der Waals surface area contributed by atoms with Crippen molar-refractivity contribution in [2.45, 2.75) is 44.2 Å². The fraction of sp³-hybridized carbons (Fsp3) is 0.407. The first-order chi connectivity index (χ1) is 15.3. The molecule has 1 saturated carbocycles. The summed E-state index contributed by atoms with van der Waals surface area (Å²) in [6, 6.07) is 22.2. The van der Waals surface area contributed by atoms with E-state index in [2.05, 4.69) is 70.9 Å². The quantitative estimate of drug-likeness (QED) is 0.600. The second-order valence-corrected chi connectivity index (χ2v) is 8.75. The first kappa shape index (κ1) is 20.2. The Kier molecular flexibility index (Phi) is 5.99. The van der Waals surface area contributed by atoms with Gasteiger partial charge in [-0.15, -0.1) is 0 Å². The predicted molar refractivity (Wildman–Crippen MR) is 128 cm³/mol. The molecule has 1 saturated heterocycles. The summed E-state index contributed by atoms with van der Waals surface area (Å²) in [4.78, 5) is 2.54. The fourth-order valence-corrected chi connectivity index (χ4v) is 5.13. The van der Waals surface area contributed by atoms with Gasteiger partial charge >= 0.3 is 0 Å². The molecule has 162 valence electrons. The molecule has 1 aliphatic heterocycles. The Balaban J connectivity index is 1.42. The molecule has 1 aliphatic carbocycles. The van der Waals surface area contributed by atoms with Crippen LogP contribution in [0.1, 0.15) is 31.2 Å². The third kappa shape index (κ3) is 4.35. The molecule has 4 heteroatoms. The van der Waals surface area contributed by atoms with Gasteiger partial charge in [-0.1, -0.05) is 42.5 Å². The van der Waals surface area contributed by atoms with Crippen LogP contribution < -0.4 is 19.7 Å². The summed E-state index contributed by atoms with van der Waals surface area (Å²) in [6.07, 6.45) is 6.14. The van der Waals surface area contributed by atoms with Crippen LogP contribution in [0.2, 0.25) is 0 Å². The van der Waals surface area contributed by atoms with E-state index in [9.17, 15) is 0 Å². The van der Waals surface area contributed by atoms with Gasteiger partial charge in [-0.25, -0.2) is 0 Å². The van der Waals surface area contributed by atoms with Gasteiger partial charge in [-0.2, -0.15) is 0 Å². The molecule has 0 radical (unpaired) electrons. The lowest BCUT2D eigenvalue weighted by atomic mass is 9.97. The maximum Gasteiger partial charge on any atom is 0.163 e. The Morgan fingerprint density at radius 1 is 0.968 bits per heavy atom. The molecule has 0 bridgehead atoms. The number of ether oxygens (including phenoxy) is 2. The molecule has 31 heavy (non-hydrogen) atoms. The zero-order chi connectivity index (χ0) is 21.0. The molecule has 0 spiro atoms. The van der Waals surface area contributed by atoms with Crippen LogP contribution in [-0.2, 0) is 6.42 Å². The van der Waals surface area contributed by atoms with Gasteiger partial charge in [0.15, 0.2) is 11.5 Å². The van der Waals surface area contributed by atoms with E-state index in [1.807, 2.05) is 0 Å². The maximum atomic E-state index is 6.37. The summed E-state index contributed by atoms with van der Waals surface area (Å²) in [5.74, 6) is 1.71. The van der Waals surface area contributed by atoms with E-state index < -0.39 is 0 Å². The molecule has 3 aromatic rings. The molecule has 1 N–H and O–H groups in total. The molecule has 2 aliphatic rings. The number of benzene rings is 3. The van der Waals surface area contributed by atoms with Crippen molar-refractivity contribution in [3.8, 4) is 11.5 Å². The number of nitrogens with zero attached hydrogens (tertiary/aromatic N) is 1. The summed E-state index contributed by atoms with van der Waals surface area (Å²) in [6.45, 7) is 2.97. The third-order valence-corrected chi connectivity index (χ3v) is 6.76. The summed E-state index contributed by atoms with van der Waals surface area (Å²) in [5, 5.41) is 6.27. The molecular weight excluding hydrogens is 384 g/mol. The molecule has 0 unspecified atom stereocenters. The normalized spacial score (nSPS) is 19.6. The highest BCUT2D eigenvalue weighted by Crippen LogP contribution is 2.36. The highest BCUT2D eigenvalue weighted by molar-refractivity contribution is 5.85. The summed E-state index contributed by atoms with van der Waals surface area (Å²) in [5.41, 5.74) is 2.63. The van der Waals surface area contributed by atoms with Gasteiger partial charge in [0.25, 0.3) is 0 Å². The van der Waals surface area contributed by atoms with Crippen molar-refractivity contribution in [2.75, 3.05) is 31.6 Å². The molecule has 0 amide bonds. The van der Waals surface area contributed by atoms with Crippen LogP contribution in [0.4, 0.5) is 5.69 Å². The van der Waals surface area contributed by atoms with Gasteiger partial charge in [0.1, 0.15) is 0 Å². The highest BCUT2D eigenvalue weighted by atomic mass is 16.5. The lowest BCUT2D eigenvalue weighted by molar-refractivity contribution is 0.201. The molecule has 1 heterocycles. The van der Waals surface area contributed by atoms with Gasteiger partial charge in [0, 0.05) is 37.4 Å². The number of fused-ring (bicyclic) bond motifs is 1. The zero-order valence-corrected chi connectivity index (χ0v) is 18.3. The highest BCUT2D eigenvalue weighted by Gasteiger charge is 2.25. The number of nitrogens with one attached hydrogen (secondary N) is 1. The fourth-order valence-electron chi connectivity index (χ4n) is 5.13. The van der Waals surface area contributed by atoms with Crippen LogP contribution in [0.3, 0.4) is 0 Å². The molecule has 4 nitrogen and oxygen atoms in total. The Morgan fingerprint density at radius 3 is 2.68 bits per heavy atom. The average Bonchev–Trinajstić information content (AvgIpc) is 3.33. The first-order valence-corrected chi connectivity index (χ1v) is 11.6. The lowest BCUT2D eigenvalue weighted by Crippen LogP contribution is -2.52. The van der Waals surface area contributed by atoms with E-state index >= 15 is 0 Å². The van der Waals surface area contributed by atoms with Crippen molar-refractivity contribution in [2.24, 2.45) is 0 Å². The van der Waals surface area contributed by atoms with E-state index in [0.717, 1.165) is 50.4 Å². The van der Waals surface area contributed by atoms with E-state index in [1.165, 1.54) is 34.9 Å². The summed E-state index contributed by atoms with van der Waals surface area (Å²) >= 11 is 0. The Morgan fingerprint density at radius 2 is 1.81 bits per heavy atom. The van der Waals surface area contributed by atoms with Crippen LogP contribution >= 0.6 is 0 Å². The summed E-state index contributed by atoms with van der Waals surface area (Å²) in [7, 11) is 1.73. The van der Waals surface area contributed by atoms with E-state index in [1.54, 1.807) is 7.11 Å². The Labute approximate surface area is 185 Å². The van der Waals surface area contributed by atoms with Crippen molar-refractivity contribution in [3.63, 3.8) is 0 Å². The SMILES string of the molecule is COc1ccc(N2CCNC[C@@H]2Cc2cccc3ccccc23)cc1OC1CCCC1. The number of rotatable bonds is 6. The van der Waals surface area contributed by atoms with E-state index in [-0.39, 0.29) is 0 Å². The van der Waals surface area contributed by atoms with Crippen LogP contribution in [-0.4, -0.2) is 38.9 Å². The van der Waals surface area contributed by atoms with Crippen LogP contribution in [0.15, 0.2) is 60.7 Å². The summed E-state index contributed by atoms with van der Waals surface area (Å²) < 4.78 is 12.0. The number of methoxy groups -OCH3 is 1. The molecule has 0 aromatic heterocycles. The van der Waals surface area contributed by atoms with Crippen LogP contribution in [0.5, 0.6) is 11.5 Å². The Bertz CT molecular complexity index is 1020. The lowest BCUT2D eigenvalue weighted by Gasteiger charge is -2.38. The minimum absolute atomic E-state index is 0.318. The molecule has 2 fully saturated rings. The molecule has 3 aromatic carbocycles. The van der Waals surface area contributed by atoms with Crippen LogP contribution in [0.25, 0.3) is 10.8 Å². The monoisotopic (exact) mass is 416 g/mol. The number of hydrogen-bond donors (Lipinski definition) is 1. The van der Waals surface area contributed by atoms with Gasteiger partial charge in [0.2, 0.25) is 0 Å². The topological polar surface area (TPSA) is 33.7 Å². The van der Waals surface area contributed by atoms with E-state index in [0.29, 0.717) is 12.1 Å². The third-order valence-electron chi connectivity index (χ3n) is 6.76. The van der Waals surface area contributed by atoms with Crippen molar-refractivity contribution < 1.29 is 9.47 Å². The standard InChI is InChI=1S/C27H32N2O2/c1-30-26-14-13-22(18-27(26)31-24-10-3-4-11-24)29-16-15-28-19-23(29)17-21-9-6-8-20-7-2-5-12-25(20)21/h2,5-9,12-14,18,23-24,28H,3-4,10-11,15-17,19H2,1H3/t23-/m0/s1. The van der Waals surface area contributed by atoms with Crippen LogP contribution in [0, 0.1) is 0 Å². The smallest absolute Gasteiger partial charge is 0.163 e. The van der Waals surface area contributed by atoms with Gasteiger partial charge in [-0.05, 0) is 60.6 Å². The van der Waals surface area contributed by atoms with E-state index in [4.69, 9.17) is 9.47 Å². The number of piperazine rings is 1. The van der Waals surface area contributed by atoms with Gasteiger partial charge in [-0.3, -0.25) is 0 Å². The maximum absolute atomic E-state index is 6.37. The van der Waals surface area contributed by atoms with Crippen molar-refractivity contribution in [1.82, 2.24) is 5.32 Å². The minimum Gasteiger partial charge on any atom is -0.493 e. The number of anilines is 1. The first-order valence-electron chi connectivity index (χ1n) is 11.6. The molecule has 5 rings (SSSR count). The van der Waals surface area contributed by atoms with Gasteiger partial charge < -0.3 is 19.7 Å². The predicted octanol–water partition coefficient (Wildman–Crippen LogP) is 5.19. The molecular formula is C27H32N2O2. The van der Waals surface area contributed by atoms with Gasteiger partial charge in [0.05, 0.1) is 13.2 Å². The second-order valence-electron chi connectivity index (χ2n) is 8.75. The minimum atomic E-state index is 0.318. The van der Waals surface area contributed by atoms with Crippen molar-refractivity contribution in [1.29, 1.82) is 0 Å².